The average Bonchev–Trinajstić information content (AvgIpc) is 2.61. The molecule has 4 nitrogen and oxygen atoms in total. The SMILES string of the molecule is Cc1c(C(F)(F)F)c2cnoc2n(C)c1=O. The van der Waals surface area contributed by atoms with Crippen LogP contribution in [0.25, 0.3) is 11.1 Å². The highest BCUT2D eigenvalue weighted by Crippen LogP contribution is 2.35. The molecule has 0 bridgehead atoms. The molecular weight excluding hydrogens is 225 g/mol. The first-order valence-corrected chi connectivity index (χ1v) is 4.35. The molecule has 2 heterocycles. The Hall–Kier alpha value is -1.79. The number of halogens is 3. The molecule has 0 N–H and O–H groups in total. The van der Waals surface area contributed by atoms with E-state index in [4.69, 9.17) is 0 Å². The molecule has 0 fully saturated rings. The van der Waals surface area contributed by atoms with Crippen LogP contribution in [0.3, 0.4) is 0 Å². The first-order chi connectivity index (χ1) is 7.34. The van der Waals surface area contributed by atoms with Crippen molar-refractivity contribution in [3.8, 4) is 0 Å². The zero-order chi connectivity index (χ0) is 12.1. The van der Waals surface area contributed by atoms with Gasteiger partial charge in [0.15, 0.2) is 0 Å². The Bertz CT molecular complexity index is 609. The number of hydrogen-bond donors (Lipinski definition) is 0. The van der Waals surface area contributed by atoms with Crippen LogP contribution in [-0.2, 0) is 13.2 Å². The predicted molar refractivity (Wildman–Crippen MR) is 49.0 cm³/mol. The van der Waals surface area contributed by atoms with Crippen molar-refractivity contribution in [1.29, 1.82) is 0 Å². The van der Waals surface area contributed by atoms with Crippen LogP contribution >= 0.6 is 0 Å². The first kappa shape index (κ1) is 10.7. The highest BCUT2D eigenvalue weighted by molar-refractivity contribution is 5.78. The summed E-state index contributed by atoms with van der Waals surface area (Å²) in [6.45, 7) is 1.14. The molecule has 0 aliphatic carbocycles. The number of aryl methyl sites for hydroxylation is 1. The Labute approximate surface area is 87.3 Å². The molecule has 0 aliphatic rings. The maximum atomic E-state index is 12.8. The molecule has 0 spiro atoms. The van der Waals surface area contributed by atoms with E-state index in [1.807, 2.05) is 0 Å². The Morgan fingerprint density at radius 1 is 1.44 bits per heavy atom. The van der Waals surface area contributed by atoms with Crippen LogP contribution in [0.5, 0.6) is 0 Å². The van der Waals surface area contributed by atoms with E-state index in [1.165, 1.54) is 7.05 Å². The van der Waals surface area contributed by atoms with Gasteiger partial charge in [-0.15, -0.1) is 0 Å². The number of pyridine rings is 1. The summed E-state index contributed by atoms with van der Waals surface area (Å²) < 4.78 is 43.9. The largest absolute Gasteiger partial charge is 0.417 e. The molecule has 0 unspecified atom stereocenters. The third-order valence-electron chi connectivity index (χ3n) is 2.41. The average molecular weight is 232 g/mol. The van der Waals surface area contributed by atoms with Crippen LogP contribution in [-0.4, -0.2) is 9.72 Å². The molecule has 0 aromatic carbocycles. The zero-order valence-electron chi connectivity index (χ0n) is 8.42. The summed E-state index contributed by atoms with van der Waals surface area (Å²) in [5.74, 6) is 0. The lowest BCUT2D eigenvalue weighted by molar-refractivity contribution is -0.136. The van der Waals surface area contributed by atoms with Gasteiger partial charge in [0.2, 0.25) is 5.71 Å². The Kier molecular flexibility index (Phi) is 2.08. The normalized spacial score (nSPS) is 12.3. The minimum Gasteiger partial charge on any atom is -0.338 e. The van der Waals surface area contributed by atoms with Gasteiger partial charge in [0.25, 0.3) is 5.56 Å². The van der Waals surface area contributed by atoms with Crippen LogP contribution in [0.4, 0.5) is 13.2 Å². The smallest absolute Gasteiger partial charge is 0.338 e. The van der Waals surface area contributed by atoms with Gasteiger partial charge in [0.1, 0.15) is 0 Å². The maximum Gasteiger partial charge on any atom is 0.417 e. The monoisotopic (exact) mass is 232 g/mol. The molecule has 2 aromatic rings. The van der Waals surface area contributed by atoms with E-state index in [1.54, 1.807) is 0 Å². The van der Waals surface area contributed by atoms with E-state index in [2.05, 4.69) is 9.68 Å². The number of hydrogen-bond acceptors (Lipinski definition) is 3. The summed E-state index contributed by atoms with van der Waals surface area (Å²) >= 11 is 0. The molecule has 0 amide bonds. The Balaban J connectivity index is 3.03. The van der Waals surface area contributed by atoms with E-state index >= 15 is 0 Å². The summed E-state index contributed by atoms with van der Waals surface area (Å²) in [5.41, 5.74) is -2.25. The first-order valence-electron chi connectivity index (χ1n) is 4.35. The van der Waals surface area contributed by atoms with Crippen molar-refractivity contribution in [2.75, 3.05) is 0 Å². The molecule has 0 radical (unpaired) electrons. The summed E-state index contributed by atoms with van der Waals surface area (Å²) in [5, 5.41) is 3.08. The van der Waals surface area contributed by atoms with Crippen molar-refractivity contribution < 1.29 is 17.7 Å². The fourth-order valence-corrected chi connectivity index (χ4v) is 1.66. The number of alkyl halides is 3. The second-order valence-electron chi connectivity index (χ2n) is 3.41. The van der Waals surface area contributed by atoms with Crippen molar-refractivity contribution >= 4 is 11.1 Å². The number of nitrogens with zero attached hydrogens (tertiary/aromatic N) is 2. The van der Waals surface area contributed by atoms with Gasteiger partial charge in [-0.05, 0) is 6.92 Å². The van der Waals surface area contributed by atoms with Crippen molar-refractivity contribution in [3.05, 3.63) is 27.7 Å². The van der Waals surface area contributed by atoms with Gasteiger partial charge in [0, 0.05) is 12.6 Å². The van der Waals surface area contributed by atoms with E-state index in [-0.39, 0.29) is 16.7 Å². The third-order valence-corrected chi connectivity index (χ3v) is 2.41. The maximum absolute atomic E-state index is 12.8. The molecule has 0 atom stereocenters. The van der Waals surface area contributed by atoms with Crippen LogP contribution in [0.15, 0.2) is 15.5 Å². The van der Waals surface area contributed by atoms with Crippen LogP contribution < -0.4 is 5.56 Å². The van der Waals surface area contributed by atoms with Gasteiger partial charge in [-0.2, -0.15) is 13.2 Å². The molecule has 0 aliphatic heterocycles. The summed E-state index contributed by atoms with van der Waals surface area (Å²) in [6.07, 6.45) is -3.63. The Morgan fingerprint density at radius 2 is 2.06 bits per heavy atom. The molecule has 2 aromatic heterocycles. The highest BCUT2D eigenvalue weighted by atomic mass is 19.4. The molecule has 7 heteroatoms. The van der Waals surface area contributed by atoms with Crippen LogP contribution in [0, 0.1) is 6.92 Å². The molecule has 2 rings (SSSR count). The van der Waals surface area contributed by atoms with Crippen molar-refractivity contribution in [2.45, 2.75) is 13.1 Å². The van der Waals surface area contributed by atoms with Crippen molar-refractivity contribution in [2.24, 2.45) is 7.05 Å². The van der Waals surface area contributed by atoms with E-state index in [0.717, 1.165) is 17.7 Å². The second-order valence-corrected chi connectivity index (χ2v) is 3.41. The molecular formula is C9H7F3N2O2. The van der Waals surface area contributed by atoms with Crippen LogP contribution in [0.1, 0.15) is 11.1 Å². The van der Waals surface area contributed by atoms with Crippen molar-refractivity contribution in [3.63, 3.8) is 0 Å². The van der Waals surface area contributed by atoms with E-state index < -0.39 is 17.3 Å². The van der Waals surface area contributed by atoms with Gasteiger partial charge in [-0.1, -0.05) is 5.16 Å². The fourth-order valence-electron chi connectivity index (χ4n) is 1.66. The van der Waals surface area contributed by atoms with Gasteiger partial charge < -0.3 is 4.52 Å². The number of rotatable bonds is 0. The van der Waals surface area contributed by atoms with Gasteiger partial charge >= 0.3 is 6.18 Å². The van der Waals surface area contributed by atoms with Gasteiger partial charge in [-0.25, -0.2) is 0 Å². The molecule has 86 valence electrons. The lowest BCUT2D eigenvalue weighted by atomic mass is 10.1. The van der Waals surface area contributed by atoms with Crippen molar-refractivity contribution in [1.82, 2.24) is 9.72 Å². The van der Waals surface area contributed by atoms with Crippen LogP contribution in [0.2, 0.25) is 0 Å². The second kappa shape index (κ2) is 3.10. The summed E-state index contributed by atoms with van der Waals surface area (Å²) in [4.78, 5) is 11.5. The molecule has 0 saturated carbocycles. The predicted octanol–water partition coefficient (Wildman–Crippen LogP) is 1.85. The number of fused-ring (bicyclic) bond motifs is 1. The quantitative estimate of drug-likeness (QED) is 0.696. The minimum absolute atomic E-state index is 0.178. The standard InChI is InChI=1S/C9H7F3N2O2/c1-4-6(9(10,11)12)5-3-13-16-8(5)14(2)7(4)15/h3H,1-2H3. The topological polar surface area (TPSA) is 48.0 Å². The zero-order valence-corrected chi connectivity index (χ0v) is 8.42. The molecule has 0 saturated heterocycles. The summed E-state index contributed by atoms with van der Waals surface area (Å²) in [7, 11) is 1.34. The summed E-state index contributed by atoms with van der Waals surface area (Å²) in [6, 6.07) is 0. The van der Waals surface area contributed by atoms with E-state index in [0.29, 0.717) is 0 Å². The highest BCUT2D eigenvalue weighted by Gasteiger charge is 2.37. The fraction of sp³-hybridized carbons (Fsp3) is 0.333. The van der Waals surface area contributed by atoms with Gasteiger partial charge in [0.05, 0.1) is 17.1 Å². The Morgan fingerprint density at radius 3 is 2.62 bits per heavy atom. The molecule has 16 heavy (non-hydrogen) atoms. The van der Waals surface area contributed by atoms with E-state index in [9.17, 15) is 18.0 Å². The minimum atomic E-state index is -4.60. The lowest BCUT2D eigenvalue weighted by Crippen LogP contribution is -2.24. The number of aromatic nitrogens is 2. The third kappa shape index (κ3) is 1.31. The van der Waals surface area contributed by atoms with Gasteiger partial charge in [-0.3, -0.25) is 9.36 Å². The lowest BCUT2D eigenvalue weighted by Gasteiger charge is -2.11.